The minimum Gasteiger partial charge on any atom is -0.352 e. The van der Waals surface area contributed by atoms with E-state index in [1.54, 1.807) is 12.4 Å². The van der Waals surface area contributed by atoms with Crippen LogP contribution in [0, 0.1) is 25.7 Å². The van der Waals surface area contributed by atoms with Gasteiger partial charge >= 0.3 is 0 Å². The predicted octanol–water partition coefficient (Wildman–Crippen LogP) is 2.59. The van der Waals surface area contributed by atoms with Crippen LogP contribution in [0.1, 0.15) is 23.1 Å². The summed E-state index contributed by atoms with van der Waals surface area (Å²) in [5.74, 6) is -0.600. The Labute approximate surface area is 141 Å². The molecule has 2 aromatic rings. The molecule has 3 rings (SSSR count). The molecule has 0 spiro atoms. The van der Waals surface area contributed by atoms with Crippen molar-refractivity contribution in [2.24, 2.45) is 11.8 Å². The molecule has 24 heavy (non-hydrogen) atoms. The maximum atomic E-state index is 12.3. The Morgan fingerprint density at radius 2 is 1.75 bits per heavy atom. The molecule has 0 radical (unpaired) electrons. The molecule has 1 saturated carbocycles. The van der Waals surface area contributed by atoms with Crippen LogP contribution < -0.4 is 10.6 Å². The van der Waals surface area contributed by atoms with Gasteiger partial charge in [-0.2, -0.15) is 0 Å². The molecule has 2 unspecified atom stereocenters. The van der Waals surface area contributed by atoms with E-state index in [2.05, 4.69) is 15.6 Å². The second-order valence-electron chi connectivity index (χ2n) is 6.31. The second-order valence-corrected chi connectivity index (χ2v) is 6.31. The summed E-state index contributed by atoms with van der Waals surface area (Å²) in [6, 6.07) is 9.54. The minimum atomic E-state index is -0.232. The molecule has 2 N–H and O–H groups in total. The lowest BCUT2D eigenvalue weighted by Crippen LogP contribution is -2.27. The van der Waals surface area contributed by atoms with Gasteiger partial charge in [0.15, 0.2) is 0 Å². The summed E-state index contributed by atoms with van der Waals surface area (Å²) < 4.78 is 0. The molecular weight excluding hydrogens is 302 g/mol. The summed E-state index contributed by atoms with van der Waals surface area (Å²) in [4.78, 5) is 28.3. The van der Waals surface area contributed by atoms with E-state index in [-0.39, 0.29) is 23.7 Å². The first-order valence-corrected chi connectivity index (χ1v) is 8.09. The molecule has 0 aliphatic heterocycles. The number of hydrogen-bond acceptors (Lipinski definition) is 3. The number of anilines is 1. The molecule has 1 aromatic heterocycles. The zero-order valence-corrected chi connectivity index (χ0v) is 13.9. The van der Waals surface area contributed by atoms with Gasteiger partial charge in [0, 0.05) is 24.6 Å². The molecule has 1 aromatic carbocycles. The normalized spacial score (nSPS) is 18.8. The van der Waals surface area contributed by atoms with Crippen molar-refractivity contribution in [2.45, 2.75) is 26.8 Å². The molecule has 5 heteroatoms. The predicted molar refractivity (Wildman–Crippen MR) is 92.2 cm³/mol. The van der Waals surface area contributed by atoms with E-state index < -0.39 is 0 Å². The fourth-order valence-electron chi connectivity index (χ4n) is 2.65. The van der Waals surface area contributed by atoms with Crippen molar-refractivity contribution in [1.82, 2.24) is 10.3 Å². The molecule has 124 valence electrons. The Hall–Kier alpha value is -2.69. The van der Waals surface area contributed by atoms with Gasteiger partial charge in [0.25, 0.3) is 0 Å². The fraction of sp³-hybridized carbons (Fsp3) is 0.316. The van der Waals surface area contributed by atoms with Crippen LogP contribution in [0.5, 0.6) is 0 Å². The van der Waals surface area contributed by atoms with Crippen molar-refractivity contribution in [3.63, 3.8) is 0 Å². The van der Waals surface area contributed by atoms with Crippen LogP contribution in [-0.4, -0.2) is 16.8 Å². The van der Waals surface area contributed by atoms with Gasteiger partial charge in [0.1, 0.15) is 0 Å². The van der Waals surface area contributed by atoms with Gasteiger partial charge in [0.05, 0.1) is 11.8 Å². The van der Waals surface area contributed by atoms with E-state index in [0.717, 1.165) is 16.8 Å². The first-order valence-electron chi connectivity index (χ1n) is 8.09. The highest BCUT2D eigenvalue weighted by atomic mass is 16.2. The van der Waals surface area contributed by atoms with Crippen molar-refractivity contribution in [1.29, 1.82) is 0 Å². The van der Waals surface area contributed by atoms with Gasteiger partial charge < -0.3 is 10.6 Å². The van der Waals surface area contributed by atoms with Crippen LogP contribution in [-0.2, 0) is 16.1 Å². The Morgan fingerprint density at radius 3 is 2.46 bits per heavy atom. The summed E-state index contributed by atoms with van der Waals surface area (Å²) in [5, 5.41) is 5.78. The molecular formula is C19H21N3O2. The van der Waals surface area contributed by atoms with E-state index in [0.29, 0.717) is 13.0 Å². The molecule has 5 nitrogen and oxygen atoms in total. The zero-order chi connectivity index (χ0) is 17.1. The van der Waals surface area contributed by atoms with Crippen LogP contribution in [0.25, 0.3) is 0 Å². The minimum absolute atomic E-state index is 0.0629. The quantitative estimate of drug-likeness (QED) is 0.888. The van der Waals surface area contributed by atoms with Gasteiger partial charge in [0.2, 0.25) is 11.8 Å². The van der Waals surface area contributed by atoms with Crippen molar-refractivity contribution in [3.8, 4) is 0 Å². The highest BCUT2D eigenvalue weighted by Crippen LogP contribution is 2.39. The number of aryl methyl sites for hydroxylation is 2. The largest absolute Gasteiger partial charge is 0.352 e. The number of carbonyl (C=O) groups is 2. The van der Waals surface area contributed by atoms with Gasteiger partial charge in [-0.3, -0.25) is 14.6 Å². The monoisotopic (exact) mass is 323 g/mol. The van der Waals surface area contributed by atoms with Crippen molar-refractivity contribution in [2.75, 3.05) is 5.32 Å². The SMILES string of the molecule is Cc1ccc(NC(=O)C2CC2C(=O)NCc2ccncc2)cc1C. The number of benzene rings is 1. The lowest BCUT2D eigenvalue weighted by Gasteiger charge is -2.08. The Bertz CT molecular complexity index is 758. The average Bonchev–Trinajstić information content (AvgIpc) is 3.38. The summed E-state index contributed by atoms with van der Waals surface area (Å²) in [6.07, 6.45) is 4.00. The third kappa shape index (κ3) is 3.79. The Kier molecular flexibility index (Phi) is 4.60. The highest BCUT2D eigenvalue weighted by molar-refractivity contribution is 5.99. The molecule has 1 aliphatic carbocycles. The summed E-state index contributed by atoms with van der Waals surface area (Å²) in [7, 11) is 0. The number of hydrogen-bond donors (Lipinski definition) is 2. The standard InChI is InChI=1S/C19H21N3O2/c1-12-3-4-15(9-13(12)2)22-19(24)17-10-16(17)18(23)21-11-14-5-7-20-8-6-14/h3-9,16-17H,10-11H2,1-2H3,(H,21,23)(H,22,24). The van der Waals surface area contributed by atoms with E-state index in [1.807, 2.05) is 44.2 Å². The summed E-state index contributed by atoms with van der Waals surface area (Å²) in [6.45, 7) is 4.51. The molecule has 0 bridgehead atoms. The average molecular weight is 323 g/mol. The van der Waals surface area contributed by atoms with Crippen LogP contribution in [0.4, 0.5) is 5.69 Å². The third-order valence-corrected chi connectivity index (χ3v) is 4.45. The van der Waals surface area contributed by atoms with E-state index in [9.17, 15) is 9.59 Å². The lowest BCUT2D eigenvalue weighted by molar-refractivity contribution is -0.125. The second kappa shape index (κ2) is 6.83. The van der Waals surface area contributed by atoms with Crippen LogP contribution in [0.3, 0.4) is 0 Å². The number of rotatable bonds is 5. The molecule has 1 heterocycles. The van der Waals surface area contributed by atoms with Crippen LogP contribution >= 0.6 is 0 Å². The Balaban J connectivity index is 1.49. The van der Waals surface area contributed by atoms with Crippen LogP contribution in [0.15, 0.2) is 42.7 Å². The van der Waals surface area contributed by atoms with Gasteiger partial charge in [-0.25, -0.2) is 0 Å². The summed E-state index contributed by atoms with van der Waals surface area (Å²) in [5.41, 5.74) is 4.10. The van der Waals surface area contributed by atoms with E-state index in [4.69, 9.17) is 0 Å². The summed E-state index contributed by atoms with van der Waals surface area (Å²) >= 11 is 0. The van der Waals surface area contributed by atoms with Crippen LogP contribution in [0.2, 0.25) is 0 Å². The smallest absolute Gasteiger partial charge is 0.228 e. The lowest BCUT2D eigenvalue weighted by atomic mass is 10.1. The number of amides is 2. The molecule has 1 aliphatic rings. The molecule has 2 atom stereocenters. The highest BCUT2D eigenvalue weighted by Gasteiger charge is 2.47. The zero-order valence-electron chi connectivity index (χ0n) is 13.9. The number of nitrogens with zero attached hydrogens (tertiary/aromatic N) is 1. The molecule has 0 saturated heterocycles. The fourth-order valence-corrected chi connectivity index (χ4v) is 2.65. The van der Waals surface area contributed by atoms with Crippen molar-refractivity contribution < 1.29 is 9.59 Å². The topological polar surface area (TPSA) is 71.1 Å². The first kappa shape index (κ1) is 16.2. The number of carbonyl (C=O) groups excluding carboxylic acids is 2. The van der Waals surface area contributed by atoms with Gasteiger partial charge in [-0.15, -0.1) is 0 Å². The first-order chi connectivity index (χ1) is 11.5. The molecule has 2 amide bonds. The Morgan fingerprint density at radius 1 is 1.04 bits per heavy atom. The van der Waals surface area contributed by atoms with Crippen molar-refractivity contribution in [3.05, 3.63) is 59.4 Å². The maximum Gasteiger partial charge on any atom is 0.228 e. The molecule has 1 fully saturated rings. The maximum absolute atomic E-state index is 12.3. The number of pyridine rings is 1. The third-order valence-electron chi connectivity index (χ3n) is 4.45. The van der Waals surface area contributed by atoms with E-state index >= 15 is 0 Å². The van der Waals surface area contributed by atoms with Gasteiger partial charge in [-0.1, -0.05) is 6.07 Å². The van der Waals surface area contributed by atoms with E-state index in [1.165, 1.54) is 5.56 Å². The number of aromatic nitrogens is 1. The van der Waals surface area contributed by atoms with Gasteiger partial charge in [-0.05, 0) is 61.2 Å². The number of nitrogens with one attached hydrogen (secondary N) is 2. The van der Waals surface area contributed by atoms with Crippen molar-refractivity contribution >= 4 is 17.5 Å².